The van der Waals surface area contributed by atoms with Crippen molar-refractivity contribution in [2.75, 3.05) is 26.6 Å². The van der Waals surface area contributed by atoms with Gasteiger partial charge in [0.15, 0.2) is 22.4 Å². The molecular weight excluding hydrogens is 476 g/mol. The van der Waals surface area contributed by atoms with Crippen molar-refractivity contribution in [1.82, 2.24) is 25.1 Å². The fraction of sp³-hybridized carbons (Fsp3) is 0.227. The highest BCUT2D eigenvalue weighted by atomic mass is 32.1. The first-order valence-corrected chi connectivity index (χ1v) is 11.3. The zero-order valence-electron chi connectivity index (χ0n) is 19.1. The number of nitrogens with zero attached hydrogens (tertiary/aromatic N) is 4. The van der Waals surface area contributed by atoms with Crippen LogP contribution in [0.2, 0.25) is 0 Å². The molecule has 2 aromatic heterocycles. The van der Waals surface area contributed by atoms with E-state index >= 15 is 0 Å². The lowest BCUT2D eigenvalue weighted by atomic mass is 10.1. The average Bonchev–Trinajstić information content (AvgIpc) is 3.41. The van der Waals surface area contributed by atoms with E-state index in [-0.39, 0.29) is 5.11 Å². The third-order valence-corrected chi connectivity index (χ3v) is 6.25. The van der Waals surface area contributed by atoms with Gasteiger partial charge >= 0.3 is 0 Å². The molecule has 0 radical (unpaired) electrons. The van der Waals surface area contributed by atoms with Crippen molar-refractivity contribution in [3.63, 3.8) is 0 Å². The fourth-order valence-corrected chi connectivity index (χ4v) is 4.54. The lowest BCUT2D eigenvalue weighted by Gasteiger charge is -2.15. The molecule has 0 aliphatic carbocycles. The minimum atomic E-state index is -0.422. The molecule has 2 N–H and O–H groups in total. The summed E-state index contributed by atoms with van der Waals surface area (Å²) < 4.78 is 17.6. The zero-order chi connectivity index (χ0) is 24.4. The lowest BCUT2D eigenvalue weighted by molar-refractivity contribution is 0.0977. The van der Waals surface area contributed by atoms with Crippen LogP contribution in [0.25, 0.3) is 15.5 Å². The van der Waals surface area contributed by atoms with Crippen LogP contribution < -0.4 is 24.8 Å². The van der Waals surface area contributed by atoms with E-state index in [1.807, 2.05) is 32.0 Å². The number of carbonyl (C=O) groups excluding carboxylic acids is 1. The Morgan fingerprint density at radius 1 is 1.06 bits per heavy atom. The predicted molar refractivity (Wildman–Crippen MR) is 133 cm³/mol. The molecule has 4 aromatic rings. The van der Waals surface area contributed by atoms with Gasteiger partial charge in [-0.05, 0) is 49.8 Å². The number of ether oxygens (including phenoxy) is 3. The second-order valence-corrected chi connectivity index (χ2v) is 8.51. The first-order valence-electron chi connectivity index (χ1n) is 10.1. The molecule has 0 atom stereocenters. The largest absolute Gasteiger partial charge is 0.493 e. The fourth-order valence-electron chi connectivity index (χ4n) is 3.37. The summed E-state index contributed by atoms with van der Waals surface area (Å²) in [6.45, 7) is 3.81. The Kier molecular flexibility index (Phi) is 6.61. The number of methoxy groups -OCH3 is 3. The normalized spacial score (nSPS) is 10.7. The lowest BCUT2D eigenvalue weighted by Crippen LogP contribution is -2.34. The molecule has 0 bridgehead atoms. The second-order valence-electron chi connectivity index (χ2n) is 7.15. The molecule has 0 unspecified atom stereocenters. The molecule has 0 saturated carbocycles. The molecule has 0 spiro atoms. The first kappa shape index (κ1) is 23.4. The standard InChI is InChI=1S/C22H22N6O4S2/c1-11-14(20-27-28-12(2)25-26-22(28)34-20)7-6-8-15(11)23-21(33)24-19(29)13-9-16(30-3)18(32-5)17(10-13)31-4/h6-10H,1-5H3,(H2,23,24,29,33). The topological polar surface area (TPSA) is 112 Å². The van der Waals surface area contributed by atoms with Crippen molar-refractivity contribution >= 4 is 45.2 Å². The van der Waals surface area contributed by atoms with Crippen LogP contribution in [0.4, 0.5) is 5.69 Å². The van der Waals surface area contributed by atoms with Gasteiger partial charge in [-0.3, -0.25) is 10.1 Å². The third-order valence-electron chi connectivity index (χ3n) is 5.11. The number of benzene rings is 2. The molecule has 0 aliphatic rings. The number of aryl methyl sites for hydroxylation is 1. The first-order chi connectivity index (χ1) is 16.4. The summed E-state index contributed by atoms with van der Waals surface area (Å²) in [7, 11) is 4.47. The Morgan fingerprint density at radius 3 is 2.38 bits per heavy atom. The van der Waals surface area contributed by atoms with E-state index < -0.39 is 5.91 Å². The van der Waals surface area contributed by atoms with Crippen LogP contribution in [0.1, 0.15) is 21.7 Å². The molecule has 0 aliphatic heterocycles. The van der Waals surface area contributed by atoms with E-state index in [9.17, 15) is 4.79 Å². The van der Waals surface area contributed by atoms with E-state index in [1.165, 1.54) is 32.7 Å². The average molecular weight is 499 g/mol. The molecular formula is C22H22N6O4S2. The van der Waals surface area contributed by atoms with Gasteiger partial charge < -0.3 is 19.5 Å². The monoisotopic (exact) mass is 498 g/mol. The van der Waals surface area contributed by atoms with Gasteiger partial charge in [-0.2, -0.15) is 9.61 Å². The highest BCUT2D eigenvalue weighted by Crippen LogP contribution is 2.38. The van der Waals surface area contributed by atoms with Gasteiger partial charge in [-0.25, -0.2) is 0 Å². The predicted octanol–water partition coefficient (Wildman–Crippen LogP) is 3.62. The summed E-state index contributed by atoms with van der Waals surface area (Å²) in [6, 6.07) is 8.85. The quantitative estimate of drug-likeness (QED) is 0.385. The smallest absolute Gasteiger partial charge is 0.257 e. The van der Waals surface area contributed by atoms with E-state index in [0.29, 0.717) is 22.8 Å². The Balaban J connectivity index is 1.53. The van der Waals surface area contributed by atoms with Crippen molar-refractivity contribution in [3.8, 4) is 27.8 Å². The molecule has 0 saturated heterocycles. The zero-order valence-corrected chi connectivity index (χ0v) is 20.8. The van der Waals surface area contributed by atoms with E-state index in [2.05, 4.69) is 25.9 Å². The molecule has 10 nitrogen and oxygen atoms in total. The van der Waals surface area contributed by atoms with Crippen LogP contribution >= 0.6 is 23.6 Å². The number of hydrogen-bond donors (Lipinski definition) is 2. The van der Waals surface area contributed by atoms with Crippen LogP contribution in [0.15, 0.2) is 30.3 Å². The highest BCUT2D eigenvalue weighted by molar-refractivity contribution is 7.80. The molecule has 34 heavy (non-hydrogen) atoms. The van der Waals surface area contributed by atoms with Crippen molar-refractivity contribution in [2.24, 2.45) is 0 Å². The summed E-state index contributed by atoms with van der Waals surface area (Å²) in [5.74, 6) is 1.44. The second kappa shape index (κ2) is 9.61. The molecule has 176 valence electrons. The maximum absolute atomic E-state index is 12.8. The number of fused-ring (bicyclic) bond motifs is 1. The Hall–Kier alpha value is -3.77. The number of aromatic nitrogens is 4. The molecule has 0 fully saturated rings. The third kappa shape index (κ3) is 4.37. The Bertz CT molecular complexity index is 1370. The SMILES string of the molecule is COc1cc(C(=O)NC(=S)Nc2cccc(-c3nn4c(C)nnc4s3)c2C)cc(OC)c1OC. The molecule has 12 heteroatoms. The van der Waals surface area contributed by atoms with Gasteiger partial charge in [0.2, 0.25) is 10.7 Å². The summed E-state index contributed by atoms with van der Waals surface area (Å²) in [6.07, 6.45) is 0. The Labute approximate surface area is 204 Å². The van der Waals surface area contributed by atoms with E-state index in [4.69, 9.17) is 26.4 Å². The van der Waals surface area contributed by atoms with E-state index in [1.54, 1.807) is 16.6 Å². The number of anilines is 1. The number of hydrogen-bond acceptors (Lipinski definition) is 9. The van der Waals surface area contributed by atoms with Crippen LogP contribution in [-0.2, 0) is 0 Å². The summed E-state index contributed by atoms with van der Waals surface area (Å²) in [5, 5.41) is 19.5. The minimum absolute atomic E-state index is 0.146. The van der Waals surface area contributed by atoms with Gasteiger partial charge in [0.05, 0.1) is 21.3 Å². The van der Waals surface area contributed by atoms with Crippen LogP contribution in [-0.4, -0.2) is 52.2 Å². The number of thiocarbonyl (C=S) groups is 1. The maximum Gasteiger partial charge on any atom is 0.257 e. The van der Waals surface area contributed by atoms with Crippen molar-refractivity contribution in [3.05, 3.63) is 47.3 Å². The number of amides is 1. The highest BCUT2D eigenvalue weighted by Gasteiger charge is 2.19. The van der Waals surface area contributed by atoms with Crippen LogP contribution in [0.5, 0.6) is 17.2 Å². The summed E-state index contributed by atoms with van der Waals surface area (Å²) >= 11 is 6.84. The van der Waals surface area contributed by atoms with E-state index in [0.717, 1.165) is 32.6 Å². The summed E-state index contributed by atoms with van der Waals surface area (Å²) in [4.78, 5) is 13.6. The van der Waals surface area contributed by atoms with Crippen molar-refractivity contribution in [2.45, 2.75) is 13.8 Å². The minimum Gasteiger partial charge on any atom is -0.493 e. The number of nitrogens with one attached hydrogen (secondary N) is 2. The van der Waals surface area contributed by atoms with Crippen molar-refractivity contribution < 1.29 is 19.0 Å². The van der Waals surface area contributed by atoms with Gasteiger partial charge in [0.1, 0.15) is 5.01 Å². The van der Waals surface area contributed by atoms with Crippen LogP contribution in [0, 0.1) is 13.8 Å². The van der Waals surface area contributed by atoms with Gasteiger partial charge in [-0.15, -0.1) is 10.2 Å². The molecule has 2 heterocycles. The van der Waals surface area contributed by atoms with Crippen molar-refractivity contribution in [1.29, 1.82) is 0 Å². The number of carbonyl (C=O) groups is 1. The van der Waals surface area contributed by atoms with Gasteiger partial charge in [0, 0.05) is 16.8 Å². The van der Waals surface area contributed by atoms with Gasteiger partial charge in [-0.1, -0.05) is 23.5 Å². The Morgan fingerprint density at radius 2 is 1.76 bits per heavy atom. The van der Waals surface area contributed by atoms with Crippen LogP contribution in [0.3, 0.4) is 0 Å². The molecule has 2 aromatic carbocycles. The van der Waals surface area contributed by atoms with Gasteiger partial charge in [0.25, 0.3) is 5.91 Å². The summed E-state index contributed by atoms with van der Waals surface area (Å²) in [5.41, 5.74) is 2.91. The molecule has 1 amide bonds. The maximum atomic E-state index is 12.8. The number of rotatable bonds is 6. The molecule has 4 rings (SSSR count).